The summed E-state index contributed by atoms with van der Waals surface area (Å²) in [7, 11) is 0. The van der Waals surface area contributed by atoms with Crippen molar-refractivity contribution in [1.29, 1.82) is 0 Å². The topological polar surface area (TPSA) is 61.2 Å². The normalized spacial score (nSPS) is 10.8. The molecule has 1 aromatic heterocycles. The summed E-state index contributed by atoms with van der Waals surface area (Å²) in [6.45, 7) is 1.98. The summed E-state index contributed by atoms with van der Waals surface area (Å²) in [6.07, 6.45) is 1.51. The maximum Gasteiger partial charge on any atom is 0.352 e. The summed E-state index contributed by atoms with van der Waals surface area (Å²) in [6, 6.07) is 22.7. The van der Waals surface area contributed by atoms with Crippen molar-refractivity contribution in [3.8, 4) is 16.9 Å². The van der Waals surface area contributed by atoms with Gasteiger partial charge in [0, 0.05) is 11.8 Å². The third-order valence-corrected chi connectivity index (χ3v) is 4.48. The molecule has 0 fully saturated rings. The number of carbonyl (C=O) groups is 1. The highest BCUT2D eigenvalue weighted by Crippen LogP contribution is 2.23. The van der Waals surface area contributed by atoms with Gasteiger partial charge in [-0.2, -0.15) is 4.98 Å². The molecule has 28 heavy (non-hydrogen) atoms. The van der Waals surface area contributed by atoms with Gasteiger partial charge in [0.2, 0.25) is 0 Å². The van der Waals surface area contributed by atoms with Crippen molar-refractivity contribution in [1.82, 2.24) is 9.55 Å². The number of benzene rings is 3. The van der Waals surface area contributed by atoms with Gasteiger partial charge in [-0.25, -0.2) is 9.59 Å². The highest BCUT2D eigenvalue weighted by molar-refractivity contribution is 5.96. The zero-order valence-electron chi connectivity index (χ0n) is 15.3. The minimum atomic E-state index is -0.511. The van der Waals surface area contributed by atoms with Gasteiger partial charge in [0.25, 0.3) is 0 Å². The molecule has 0 atom stereocenters. The molecule has 0 aliphatic heterocycles. The summed E-state index contributed by atoms with van der Waals surface area (Å²) >= 11 is 0. The third kappa shape index (κ3) is 3.30. The van der Waals surface area contributed by atoms with E-state index in [2.05, 4.69) is 4.98 Å². The summed E-state index contributed by atoms with van der Waals surface area (Å²) in [5.41, 5.74) is 1.44. The van der Waals surface area contributed by atoms with Crippen molar-refractivity contribution in [2.45, 2.75) is 6.92 Å². The first kappa shape index (κ1) is 17.7. The number of esters is 1. The van der Waals surface area contributed by atoms with E-state index in [1.807, 2.05) is 72.8 Å². The van der Waals surface area contributed by atoms with Gasteiger partial charge in [0.05, 0.1) is 18.0 Å². The molecule has 3 aromatic carbocycles. The number of fused-ring (bicyclic) bond motifs is 1. The lowest BCUT2D eigenvalue weighted by molar-refractivity contribution is 0.0526. The van der Waals surface area contributed by atoms with E-state index in [-0.39, 0.29) is 12.2 Å². The van der Waals surface area contributed by atoms with E-state index < -0.39 is 11.7 Å². The van der Waals surface area contributed by atoms with Crippen LogP contribution in [0.5, 0.6) is 0 Å². The minimum Gasteiger partial charge on any atom is -0.462 e. The van der Waals surface area contributed by atoms with Crippen LogP contribution in [0.3, 0.4) is 0 Å². The van der Waals surface area contributed by atoms with Crippen LogP contribution in [0.15, 0.2) is 83.8 Å². The second-order valence-electron chi connectivity index (χ2n) is 6.27. The highest BCUT2D eigenvalue weighted by Gasteiger charge is 2.19. The van der Waals surface area contributed by atoms with E-state index in [0.717, 1.165) is 10.8 Å². The van der Waals surface area contributed by atoms with Gasteiger partial charge in [0.1, 0.15) is 5.56 Å². The summed E-state index contributed by atoms with van der Waals surface area (Å²) < 4.78 is 6.58. The lowest BCUT2D eigenvalue weighted by Gasteiger charge is -2.12. The molecule has 0 aliphatic carbocycles. The first-order valence-electron chi connectivity index (χ1n) is 9.03. The number of rotatable bonds is 4. The molecule has 0 amide bonds. The van der Waals surface area contributed by atoms with Crippen LogP contribution in [0.1, 0.15) is 17.3 Å². The fourth-order valence-electron chi connectivity index (χ4n) is 3.14. The summed E-state index contributed by atoms with van der Waals surface area (Å²) in [5.74, 6) is -0.511. The standard InChI is InChI=1S/C23H18N2O3/c1-2-28-22(26)20-15-25(19-13-12-16-8-6-7-11-18(16)14-19)23(27)24-21(20)17-9-4-3-5-10-17/h3-15H,2H2,1H3. The smallest absolute Gasteiger partial charge is 0.352 e. The maximum absolute atomic E-state index is 12.8. The monoisotopic (exact) mass is 370 g/mol. The Labute approximate surface area is 161 Å². The summed E-state index contributed by atoms with van der Waals surface area (Å²) in [4.78, 5) is 29.6. The van der Waals surface area contributed by atoms with Crippen LogP contribution in [0.2, 0.25) is 0 Å². The van der Waals surface area contributed by atoms with Crippen molar-refractivity contribution >= 4 is 16.7 Å². The lowest BCUT2D eigenvalue weighted by Crippen LogP contribution is -2.24. The second-order valence-corrected chi connectivity index (χ2v) is 6.27. The molecule has 4 rings (SSSR count). The Morgan fingerprint density at radius 3 is 2.43 bits per heavy atom. The zero-order chi connectivity index (χ0) is 19.5. The molecule has 0 aliphatic rings. The third-order valence-electron chi connectivity index (χ3n) is 4.48. The fourth-order valence-corrected chi connectivity index (χ4v) is 3.14. The molecule has 0 unspecified atom stereocenters. The predicted molar refractivity (Wildman–Crippen MR) is 109 cm³/mol. The first-order chi connectivity index (χ1) is 13.7. The highest BCUT2D eigenvalue weighted by atomic mass is 16.5. The van der Waals surface area contributed by atoms with Crippen molar-refractivity contribution in [2.75, 3.05) is 6.61 Å². The van der Waals surface area contributed by atoms with E-state index >= 15 is 0 Å². The molecule has 138 valence electrons. The average Bonchev–Trinajstić information content (AvgIpc) is 2.74. The number of ether oxygens (including phenoxy) is 1. The zero-order valence-corrected chi connectivity index (χ0v) is 15.3. The number of nitrogens with zero attached hydrogens (tertiary/aromatic N) is 2. The van der Waals surface area contributed by atoms with Crippen molar-refractivity contribution in [3.05, 3.63) is 95.0 Å². The van der Waals surface area contributed by atoms with Crippen LogP contribution in [0, 0.1) is 0 Å². The van der Waals surface area contributed by atoms with Crippen LogP contribution < -0.4 is 5.69 Å². The molecule has 0 saturated heterocycles. The second kappa shape index (κ2) is 7.48. The van der Waals surface area contributed by atoms with Gasteiger partial charge < -0.3 is 4.74 Å². The van der Waals surface area contributed by atoms with E-state index in [0.29, 0.717) is 16.9 Å². The molecule has 0 radical (unpaired) electrons. The molecule has 5 nitrogen and oxygen atoms in total. The molecule has 0 saturated carbocycles. The molecular weight excluding hydrogens is 352 g/mol. The summed E-state index contributed by atoms with van der Waals surface area (Å²) in [5, 5.41) is 2.07. The Balaban J connectivity index is 1.92. The molecule has 0 N–H and O–H groups in total. The first-order valence-corrected chi connectivity index (χ1v) is 9.03. The van der Waals surface area contributed by atoms with E-state index in [4.69, 9.17) is 4.74 Å². The van der Waals surface area contributed by atoms with Gasteiger partial charge in [-0.3, -0.25) is 4.57 Å². The Bertz CT molecular complexity index is 1210. The quantitative estimate of drug-likeness (QED) is 0.505. The van der Waals surface area contributed by atoms with E-state index in [1.54, 1.807) is 6.92 Å². The minimum absolute atomic E-state index is 0.238. The lowest BCUT2D eigenvalue weighted by atomic mass is 10.1. The van der Waals surface area contributed by atoms with Crippen LogP contribution in [-0.2, 0) is 4.74 Å². The fraction of sp³-hybridized carbons (Fsp3) is 0.0870. The number of carbonyl (C=O) groups excluding carboxylic acids is 1. The number of hydrogen-bond acceptors (Lipinski definition) is 4. The molecule has 1 heterocycles. The molecule has 5 heteroatoms. The van der Waals surface area contributed by atoms with E-state index in [9.17, 15) is 9.59 Å². The van der Waals surface area contributed by atoms with Gasteiger partial charge in [-0.15, -0.1) is 0 Å². The van der Waals surface area contributed by atoms with Crippen molar-refractivity contribution in [3.63, 3.8) is 0 Å². The van der Waals surface area contributed by atoms with Gasteiger partial charge in [-0.1, -0.05) is 60.7 Å². The maximum atomic E-state index is 12.8. The molecule has 0 bridgehead atoms. The van der Waals surface area contributed by atoms with E-state index in [1.165, 1.54) is 10.8 Å². The van der Waals surface area contributed by atoms with Crippen LogP contribution >= 0.6 is 0 Å². The Hall–Kier alpha value is -3.73. The van der Waals surface area contributed by atoms with Gasteiger partial charge in [0.15, 0.2) is 0 Å². The Kier molecular flexibility index (Phi) is 4.72. The van der Waals surface area contributed by atoms with Crippen LogP contribution in [-0.4, -0.2) is 22.1 Å². The number of aromatic nitrogens is 2. The average molecular weight is 370 g/mol. The van der Waals surface area contributed by atoms with Crippen LogP contribution in [0.25, 0.3) is 27.7 Å². The Morgan fingerprint density at radius 1 is 0.964 bits per heavy atom. The largest absolute Gasteiger partial charge is 0.462 e. The predicted octanol–water partition coefficient (Wildman–Crippen LogP) is 4.23. The molecule has 4 aromatic rings. The Morgan fingerprint density at radius 2 is 1.68 bits per heavy atom. The SMILES string of the molecule is CCOC(=O)c1cn(-c2ccc3ccccc3c2)c(=O)nc1-c1ccccc1. The van der Waals surface area contributed by atoms with Gasteiger partial charge in [-0.05, 0) is 29.8 Å². The van der Waals surface area contributed by atoms with Crippen molar-refractivity contribution < 1.29 is 9.53 Å². The number of hydrogen-bond donors (Lipinski definition) is 0. The van der Waals surface area contributed by atoms with Gasteiger partial charge >= 0.3 is 11.7 Å². The molecule has 0 spiro atoms. The van der Waals surface area contributed by atoms with Crippen molar-refractivity contribution in [2.24, 2.45) is 0 Å². The van der Waals surface area contributed by atoms with Crippen LogP contribution in [0.4, 0.5) is 0 Å². The molecular formula is C23H18N2O3.